The molecule has 0 atom stereocenters. The third-order valence-electron chi connectivity index (χ3n) is 4.79. The first-order valence-electron chi connectivity index (χ1n) is 8.14. The Balaban J connectivity index is 1.88. The Morgan fingerprint density at radius 2 is 1.48 bits per heavy atom. The molecular weight excluding hydrogens is 268 g/mol. The van der Waals surface area contributed by atoms with Crippen LogP contribution >= 0.6 is 0 Å². The smallest absolute Gasteiger partial charge is 0.320 e. The SMILES string of the molecule is CCN(CC)C(=O)N1CCN(C(=O)C2(N)CCCC2)CC1. The van der Waals surface area contributed by atoms with Crippen molar-refractivity contribution in [2.75, 3.05) is 39.3 Å². The van der Waals surface area contributed by atoms with Crippen LogP contribution in [0.2, 0.25) is 0 Å². The fourth-order valence-corrected chi connectivity index (χ4v) is 3.33. The van der Waals surface area contributed by atoms with Gasteiger partial charge in [-0.05, 0) is 26.7 Å². The minimum absolute atomic E-state index is 0.0786. The van der Waals surface area contributed by atoms with E-state index in [1.165, 1.54) is 0 Å². The van der Waals surface area contributed by atoms with Gasteiger partial charge in [0.1, 0.15) is 0 Å². The molecule has 1 heterocycles. The third-order valence-corrected chi connectivity index (χ3v) is 4.79. The fourth-order valence-electron chi connectivity index (χ4n) is 3.33. The first-order valence-corrected chi connectivity index (χ1v) is 8.14. The van der Waals surface area contributed by atoms with Crippen LogP contribution in [0.15, 0.2) is 0 Å². The monoisotopic (exact) mass is 296 g/mol. The number of hydrogen-bond acceptors (Lipinski definition) is 3. The largest absolute Gasteiger partial charge is 0.338 e. The number of nitrogens with two attached hydrogens (primary N) is 1. The predicted octanol–water partition coefficient (Wildman–Crippen LogP) is 0.864. The maximum Gasteiger partial charge on any atom is 0.320 e. The Hall–Kier alpha value is -1.30. The molecule has 0 spiro atoms. The zero-order valence-corrected chi connectivity index (χ0v) is 13.3. The van der Waals surface area contributed by atoms with Crippen LogP contribution in [-0.2, 0) is 4.79 Å². The highest BCUT2D eigenvalue weighted by molar-refractivity contribution is 5.86. The molecule has 1 saturated heterocycles. The van der Waals surface area contributed by atoms with Crippen molar-refractivity contribution in [3.63, 3.8) is 0 Å². The maximum atomic E-state index is 12.5. The van der Waals surface area contributed by atoms with Crippen LogP contribution in [0.4, 0.5) is 4.79 Å². The van der Waals surface area contributed by atoms with Gasteiger partial charge < -0.3 is 20.4 Å². The van der Waals surface area contributed by atoms with E-state index in [0.29, 0.717) is 26.2 Å². The topological polar surface area (TPSA) is 69.9 Å². The first-order chi connectivity index (χ1) is 10.0. The third kappa shape index (κ3) is 3.31. The second-order valence-corrected chi connectivity index (χ2v) is 6.10. The molecule has 3 amide bonds. The molecule has 2 fully saturated rings. The quantitative estimate of drug-likeness (QED) is 0.840. The van der Waals surface area contributed by atoms with Gasteiger partial charge in [0.05, 0.1) is 5.54 Å². The molecule has 0 unspecified atom stereocenters. The Morgan fingerprint density at radius 3 is 1.95 bits per heavy atom. The lowest BCUT2D eigenvalue weighted by Gasteiger charge is -2.39. The molecule has 2 aliphatic rings. The minimum Gasteiger partial charge on any atom is -0.338 e. The van der Waals surface area contributed by atoms with Crippen LogP contribution in [0.5, 0.6) is 0 Å². The lowest BCUT2D eigenvalue weighted by Crippen LogP contribution is -2.60. The van der Waals surface area contributed by atoms with Gasteiger partial charge in [0, 0.05) is 39.3 Å². The van der Waals surface area contributed by atoms with Crippen LogP contribution in [0.3, 0.4) is 0 Å². The molecular formula is C15H28N4O2. The molecule has 0 bridgehead atoms. The molecule has 1 aliphatic carbocycles. The second-order valence-electron chi connectivity index (χ2n) is 6.10. The van der Waals surface area contributed by atoms with Gasteiger partial charge in [0.2, 0.25) is 5.91 Å². The van der Waals surface area contributed by atoms with Crippen molar-refractivity contribution in [3.05, 3.63) is 0 Å². The molecule has 2 rings (SSSR count). The number of carbonyl (C=O) groups excluding carboxylic acids is 2. The second kappa shape index (κ2) is 6.64. The van der Waals surface area contributed by atoms with Crippen molar-refractivity contribution in [1.29, 1.82) is 0 Å². The van der Waals surface area contributed by atoms with Crippen LogP contribution in [0, 0.1) is 0 Å². The van der Waals surface area contributed by atoms with Crippen molar-refractivity contribution in [2.45, 2.75) is 45.1 Å². The summed E-state index contributed by atoms with van der Waals surface area (Å²) in [5.74, 6) is 0.0786. The lowest BCUT2D eigenvalue weighted by molar-refractivity contribution is -0.138. The average molecular weight is 296 g/mol. The molecule has 21 heavy (non-hydrogen) atoms. The summed E-state index contributed by atoms with van der Waals surface area (Å²) < 4.78 is 0. The summed E-state index contributed by atoms with van der Waals surface area (Å²) in [5.41, 5.74) is 5.59. The molecule has 0 aromatic rings. The molecule has 120 valence electrons. The average Bonchev–Trinajstić information content (AvgIpc) is 2.96. The molecule has 6 nitrogen and oxygen atoms in total. The van der Waals surface area contributed by atoms with Gasteiger partial charge in [-0.3, -0.25) is 4.79 Å². The zero-order chi connectivity index (χ0) is 15.5. The fraction of sp³-hybridized carbons (Fsp3) is 0.867. The van der Waals surface area contributed by atoms with Crippen molar-refractivity contribution >= 4 is 11.9 Å². The van der Waals surface area contributed by atoms with Gasteiger partial charge in [-0.15, -0.1) is 0 Å². The molecule has 1 aliphatic heterocycles. The van der Waals surface area contributed by atoms with Gasteiger partial charge >= 0.3 is 6.03 Å². The number of amides is 3. The molecule has 0 aromatic heterocycles. The van der Waals surface area contributed by atoms with Gasteiger partial charge in [-0.2, -0.15) is 0 Å². The van der Waals surface area contributed by atoms with Crippen LogP contribution in [0.1, 0.15) is 39.5 Å². The van der Waals surface area contributed by atoms with Crippen molar-refractivity contribution in [1.82, 2.24) is 14.7 Å². The normalized spacial score (nSPS) is 21.5. The number of rotatable bonds is 3. The van der Waals surface area contributed by atoms with E-state index in [4.69, 9.17) is 5.73 Å². The van der Waals surface area contributed by atoms with Gasteiger partial charge in [0.25, 0.3) is 0 Å². The molecule has 1 saturated carbocycles. The van der Waals surface area contributed by atoms with Crippen molar-refractivity contribution < 1.29 is 9.59 Å². The first kappa shape index (κ1) is 16.1. The Bertz CT molecular complexity index is 381. The molecule has 2 N–H and O–H groups in total. The highest BCUT2D eigenvalue weighted by Crippen LogP contribution is 2.29. The number of hydrogen-bond donors (Lipinski definition) is 1. The highest BCUT2D eigenvalue weighted by atomic mass is 16.2. The van der Waals surface area contributed by atoms with E-state index in [9.17, 15) is 9.59 Å². The number of nitrogens with zero attached hydrogens (tertiary/aromatic N) is 3. The number of urea groups is 1. The standard InChI is InChI=1S/C15H28N4O2/c1-3-17(4-2)14(21)19-11-9-18(10-12-19)13(20)15(16)7-5-6-8-15/h3-12,16H2,1-2H3. The number of piperazine rings is 1. The van der Waals surface area contributed by atoms with Gasteiger partial charge in [-0.1, -0.05) is 12.8 Å². The van der Waals surface area contributed by atoms with E-state index < -0.39 is 5.54 Å². The Kier molecular flexibility index (Phi) is 5.08. The van der Waals surface area contributed by atoms with Crippen LogP contribution in [0.25, 0.3) is 0 Å². The summed E-state index contributed by atoms with van der Waals surface area (Å²) >= 11 is 0. The van der Waals surface area contributed by atoms with Crippen LogP contribution in [-0.4, -0.2) is 71.4 Å². The molecule has 6 heteroatoms. The summed E-state index contributed by atoms with van der Waals surface area (Å²) in [4.78, 5) is 30.3. The summed E-state index contributed by atoms with van der Waals surface area (Å²) in [5, 5.41) is 0. The van der Waals surface area contributed by atoms with Crippen molar-refractivity contribution in [3.8, 4) is 0 Å². The summed E-state index contributed by atoms with van der Waals surface area (Å²) in [6.45, 7) is 7.84. The zero-order valence-electron chi connectivity index (χ0n) is 13.3. The molecule has 0 aromatic carbocycles. The summed E-state index contributed by atoms with van der Waals surface area (Å²) in [7, 11) is 0. The van der Waals surface area contributed by atoms with E-state index >= 15 is 0 Å². The predicted molar refractivity (Wildman–Crippen MR) is 81.9 cm³/mol. The van der Waals surface area contributed by atoms with E-state index in [-0.39, 0.29) is 11.9 Å². The lowest BCUT2D eigenvalue weighted by atomic mass is 9.97. The Labute approximate surface area is 127 Å². The van der Waals surface area contributed by atoms with E-state index in [0.717, 1.165) is 38.8 Å². The van der Waals surface area contributed by atoms with E-state index in [1.807, 2.05) is 28.5 Å². The Morgan fingerprint density at radius 1 is 1.00 bits per heavy atom. The number of carbonyl (C=O) groups is 2. The van der Waals surface area contributed by atoms with Crippen molar-refractivity contribution in [2.24, 2.45) is 5.73 Å². The minimum atomic E-state index is -0.648. The van der Waals surface area contributed by atoms with Crippen LogP contribution < -0.4 is 5.73 Å². The van der Waals surface area contributed by atoms with Gasteiger partial charge in [-0.25, -0.2) is 4.79 Å². The summed E-state index contributed by atoms with van der Waals surface area (Å²) in [6, 6.07) is 0.0791. The molecule has 0 radical (unpaired) electrons. The maximum absolute atomic E-state index is 12.5. The summed E-state index contributed by atoms with van der Waals surface area (Å²) in [6.07, 6.45) is 3.68. The van der Waals surface area contributed by atoms with E-state index in [2.05, 4.69) is 0 Å². The van der Waals surface area contributed by atoms with E-state index in [1.54, 1.807) is 0 Å². The van der Waals surface area contributed by atoms with Gasteiger partial charge in [0.15, 0.2) is 0 Å². The highest BCUT2D eigenvalue weighted by Gasteiger charge is 2.40.